The lowest BCUT2D eigenvalue weighted by atomic mass is 10.1. The first-order chi connectivity index (χ1) is 9.58. The minimum atomic E-state index is -0.972. The van der Waals surface area contributed by atoms with Gasteiger partial charge < -0.3 is 16.2 Å². The summed E-state index contributed by atoms with van der Waals surface area (Å²) in [5.74, 6) is -1.38. The molecule has 0 radical (unpaired) electrons. The van der Waals surface area contributed by atoms with E-state index in [4.69, 9.17) is 10.8 Å². The maximum absolute atomic E-state index is 11.9. The third-order valence-electron chi connectivity index (χ3n) is 2.90. The maximum atomic E-state index is 11.9. The Morgan fingerprint density at radius 3 is 2.80 bits per heavy atom. The zero-order valence-corrected chi connectivity index (χ0v) is 10.7. The van der Waals surface area contributed by atoms with Gasteiger partial charge in [-0.2, -0.15) is 0 Å². The van der Waals surface area contributed by atoms with Crippen molar-refractivity contribution in [3.8, 4) is 0 Å². The number of rotatable bonds is 5. The highest BCUT2D eigenvalue weighted by Crippen LogP contribution is 2.20. The number of carboxylic acids is 1. The van der Waals surface area contributed by atoms with Crippen molar-refractivity contribution in [1.29, 1.82) is 0 Å². The van der Waals surface area contributed by atoms with Crippen LogP contribution in [-0.4, -0.2) is 28.0 Å². The molecular formula is C14H15N3O3. The molecule has 0 saturated carbocycles. The van der Waals surface area contributed by atoms with Crippen molar-refractivity contribution < 1.29 is 14.7 Å². The number of carbonyl (C=O) groups is 2. The van der Waals surface area contributed by atoms with Crippen LogP contribution < -0.4 is 11.1 Å². The van der Waals surface area contributed by atoms with Crippen molar-refractivity contribution >= 4 is 28.5 Å². The van der Waals surface area contributed by atoms with Crippen LogP contribution in [0.4, 0.5) is 5.69 Å². The van der Waals surface area contributed by atoms with Gasteiger partial charge in [-0.25, -0.2) is 0 Å². The molecule has 2 aromatic rings. The number of para-hydroxylation sites is 1. The molecule has 1 heterocycles. The van der Waals surface area contributed by atoms with Crippen molar-refractivity contribution in [2.75, 3.05) is 5.32 Å². The molecule has 0 aliphatic rings. The Morgan fingerprint density at radius 2 is 2.05 bits per heavy atom. The largest absolute Gasteiger partial charge is 0.481 e. The number of hydrogen-bond donors (Lipinski definition) is 3. The normalized spacial score (nSPS) is 12.1. The second-order valence-corrected chi connectivity index (χ2v) is 4.41. The summed E-state index contributed by atoms with van der Waals surface area (Å²) in [6, 6.07) is 8.28. The number of fused-ring (bicyclic) bond motifs is 1. The highest BCUT2D eigenvalue weighted by Gasteiger charge is 2.16. The maximum Gasteiger partial charge on any atom is 0.303 e. The Kier molecular flexibility index (Phi) is 4.27. The lowest BCUT2D eigenvalue weighted by Gasteiger charge is -2.12. The molecule has 6 nitrogen and oxygen atoms in total. The fourth-order valence-electron chi connectivity index (χ4n) is 1.84. The van der Waals surface area contributed by atoms with E-state index in [1.54, 1.807) is 12.3 Å². The number of benzene rings is 1. The lowest BCUT2D eigenvalue weighted by Crippen LogP contribution is -2.36. The van der Waals surface area contributed by atoms with E-state index in [1.807, 2.05) is 24.3 Å². The number of carboxylic acid groups (broad SMARTS) is 1. The molecule has 1 amide bonds. The molecule has 0 saturated heterocycles. The van der Waals surface area contributed by atoms with Crippen LogP contribution in [-0.2, 0) is 9.59 Å². The van der Waals surface area contributed by atoms with Gasteiger partial charge in [-0.3, -0.25) is 14.6 Å². The monoisotopic (exact) mass is 273 g/mol. The van der Waals surface area contributed by atoms with Gasteiger partial charge in [-0.1, -0.05) is 18.2 Å². The first-order valence-corrected chi connectivity index (χ1v) is 6.20. The van der Waals surface area contributed by atoms with E-state index in [2.05, 4.69) is 10.3 Å². The summed E-state index contributed by atoms with van der Waals surface area (Å²) < 4.78 is 0. The van der Waals surface area contributed by atoms with E-state index in [0.717, 1.165) is 5.39 Å². The van der Waals surface area contributed by atoms with Crippen LogP contribution in [0, 0.1) is 0 Å². The quantitative estimate of drug-likeness (QED) is 0.763. The second-order valence-electron chi connectivity index (χ2n) is 4.41. The minimum absolute atomic E-state index is 0.0966. The summed E-state index contributed by atoms with van der Waals surface area (Å²) in [4.78, 5) is 26.6. The van der Waals surface area contributed by atoms with Crippen molar-refractivity contribution in [1.82, 2.24) is 4.98 Å². The van der Waals surface area contributed by atoms with Gasteiger partial charge in [0.1, 0.15) is 0 Å². The van der Waals surface area contributed by atoms with Crippen LogP contribution in [0.15, 0.2) is 36.5 Å². The number of nitrogens with two attached hydrogens (primary N) is 1. The highest BCUT2D eigenvalue weighted by atomic mass is 16.4. The fourth-order valence-corrected chi connectivity index (χ4v) is 1.84. The number of nitrogens with one attached hydrogen (secondary N) is 1. The van der Waals surface area contributed by atoms with Crippen molar-refractivity contribution in [3.63, 3.8) is 0 Å². The Labute approximate surface area is 115 Å². The van der Waals surface area contributed by atoms with Gasteiger partial charge in [0.15, 0.2) is 0 Å². The third-order valence-corrected chi connectivity index (χ3v) is 2.90. The van der Waals surface area contributed by atoms with E-state index in [1.165, 1.54) is 0 Å². The number of nitrogens with zero attached hydrogens (tertiary/aromatic N) is 1. The van der Waals surface area contributed by atoms with Crippen LogP contribution >= 0.6 is 0 Å². The molecule has 1 unspecified atom stereocenters. The zero-order valence-electron chi connectivity index (χ0n) is 10.7. The number of amides is 1. The van der Waals surface area contributed by atoms with Crippen LogP contribution in [0.5, 0.6) is 0 Å². The SMILES string of the molecule is NC(CCC(=O)O)C(=O)Nc1cccc2cccnc12. The van der Waals surface area contributed by atoms with Gasteiger partial charge in [-0.15, -0.1) is 0 Å². The van der Waals surface area contributed by atoms with Crippen molar-refractivity contribution in [3.05, 3.63) is 36.5 Å². The summed E-state index contributed by atoms with van der Waals surface area (Å²) in [5, 5.41) is 12.2. The summed E-state index contributed by atoms with van der Waals surface area (Å²) in [6.07, 6.45) is 1.60. The highest BCUT2D eigenvalue weighted by molar-refractivity contribution is 6.02. The molecule has 0 bridgehead atoms. The number of aromatic nitrogens is 1. The van der Waals surface area contributed by atoms with Gasteiger partial charge in [0.05, 0.1) is 17.2 Å². The molecule has 0 fully saturated rings. The summed E-state index contributed by atoms with van der Waals surface area (Å²) in [5.41, 5.74) is 6.90. The van der Waals surface area contributed by atoms with Crippen molar-refractivity contribution in [2.45, 2.75) is 18.9 Å². The molecule has 4 N–H and O–H groups in total. The fraction of sp³-hybridized carbons (Fsp3) is 0.214. The van der Waals surface area contributed by atoms with Crippen LogP contribution in [0.3, 0.4) is 0 Å². The molecule has 1 aromatic heterocycles. The Morgan fingerprint density at radius 1 is 1.30 bits per heavy atom. The molecule has 6 heteroatoms. The molecule has 2 rings (SSSR count). The minimum Gasteiger partial charge on any atom is -0.481 e. The van der Waals surface area contributed by atoms with Crippen molar-refractivity contribution in [2.24, 2.45) is 5.73 Å². The number of pyridine rings is 1. The molecule has 104 valence electrons. The Hall–Kier alpha value is -2.47. The molecule has 20 heavy (non-hydrogen) atoms. The van der Waals surface area contributed by atoms with E-state index in [0.29, 0.717) is 11.2 Å². The Balaban J connectivity index is 2.12. The van der Waals surface area contributed by atoms with Crippen LogP contribution in [0.2, 0.25) is 0 Å². The Bertz CT molecular complexity index is 637. The van der Waals surface area contributed by atoms with Crippen LogP contribution in [0.1, 0.15) is 12.8 Å². The molecule has 0 aliphatic heterocycles. The molecule has 1 aromatic carbocycles. The molecule has 1 atom stereocenters. The van der Waals surface area contributed by atoms with E-state index < -0.39 is 17.9 Å². The van der Waals surface area contributed by atoms with Crippen LogP contribution in [0.25, 0.3) is 10.9 Å². The average Bonchev–Trinajstić information content (AvgIpc) is 2.45. The number of hydrogen-bond acceptors (Lipinski definition) is 4. The molecule has 0 spiro atoms. The summed E-state index contributed by atoms with van der Waals surface area (Å²) >= 11 is 0. The third kappa shape index (κ3) is 3.30. The van der Waals surface area contributed by atoms with Gasteiger partial charge >= 0.3 is 5.97 Å². The molecular weight excluding hydrogens is 258 g/mol. The average molecular weight is 273 g/mol. The van der Waals surface area contributed by atoms with E-state index >= 15 is 0 Å². The number of carbonyl (C=O) groups excluding carboxylic acids is 1. The standard InChI is InChI=1S/C14H15N3O3/c15-10(6-7-12(18)19)14(20)17-11-5-1-3-9-4-2-8-16-13(9)11/h1-5,8,10H,6-7,15H2,(H,17,20)(H,18,19). The van der Waals surface area contributed by atoms with E-state index in [-0.39, 0.29) is 12.8 Å². The topological polar surface area (TPSA) is 105 Å². The molecule has 0 aliphatic carbocycles. The summed E-state index contributed by atoms with van der Waals surface area (Å²) in [7, 11) is 0. The zero-order chi connectivity index (χ0) is 14.5. The summed E-state index contributed by atoms with van der Waals surface area (Å²) in [6.45, 7) is 0. The lowest BCUT2D eigenvalue weighted by molar-refractivity contribution is -0.137. The first-order valence-electron chi connectivity index (χ1n) is 6.20. The predicted molar refractivity (Wildman–Crippen MR) is 75.2 cm³/mol. The smallest absolute Gasteiger partial charge is 0.303 e. The predicted octanol–water partition coefficient (Wildman–Crippen LogP) is 1.37. The first kappa shape index (κ1) is 14.0. The van der Waals surface area contributed by atoms with Gasteiger partial charge in [0.2, 0.25) is 5.91 Å². The second kappa shape index (κ2) is 6.12. The van der Waals surface area contributed by atoms with Gasteiger partial charge in [0.25, 0.3) is 0 Å². The van der Waals surface area contributed by atoms with Gasteiger partial charge in [-0.05, 0) is 18.6 Å². The number of aliphatic carboxylic acids is 1. The van der Waals surface area contributed by atoms with Gasteiger partial charge in [0, 0.05) is 18.0 Å². The van der Waals surface area contributed by atoms with E-state index in [9.17, 15) is 9.59 Å². The number of anilines is 1.